The standard InChI is InChI=1S/C23H28N2O4/c1-4-25-21(26)13-11-19(22(25)16-8-6-5-7-9-16)23(27)24-15-17-14-18(28-2)10-12-20(17)29-3/h5-10,12,14,19,22H,4,11,13,15H2,1-3H3,(H,24,27)/t19-,22+/m1/s1. The molecule has 6 nitrogen and oxygen atoms in total. The largest absolute Gasteiger partial charge is 0.497 e. The van der Waals surface area contributed by atoms with E-state index >= 15 is 0 Å². The SMILES string of the molecule is CCN1C(=O)CC[C@@H](C(=O)NCc2cc(OC)ccc2OC)[C@@H]1c1ccccc1. The second-order valence-corrected chi connectivity index (χ2v) is 7.08. The third-order valence-electron chi connectivity index (χ3n) is 5.47. The lowest BCUT2D eigenvalue weighted by molar-refractivity contribution is -0.143. The van der Waals surface area contributed by atoms with Crippen LogP contribution in [0.1, 0.15) is 36.9 Å². The van der Waals surface area contributed by atoms with E-state index in [4.69, 9.17) is 9.47 Å². The summed E-state index contributed by atoms with van der Waals surface area (Å²) in [6.45, 7) is 2.86. The summed E-state index contributed by atoms with van der Waals surface area (Å²) in [7, 11) is 3.21. The third kappa shape index (κ3) is 4.53. The van der Waals surface area contributed by atoms with Gasteiger partial charge in [0.2, 0.25) is 11.8 Å². The lowest BCUT2D eigenvalue weighted by Crippen LogP contribution is -2.47. The molecule has 2 aromatic rings. The number of methoxy groups -OCH3 is 2. The molecular weight excluding hydrogens is 368 g/mol. The molecule has 0 spiro atoms. The maximum atomic E-state index is 13.2. The Morgan fingerprint density at radius 2 is 1.90 bits per heavy atom. The quantitative estimate of drug-likeness (QED) is 0.780. The fraction of sp³-hybridized carbons (Fsp3) is 0.391. The Morgan fingerprint density at radius 1 is 1.14 bits per heavy atom. The molecule has 0 bridgehead atoms. The molecule has 1 saturated heterocycles. The van der Waals surface area contributed by atoms with Crippen molar-refractivity contribution in [1.29, 1.82) is 0 Å². The Hall–Kier alpha value is -3.02. The number of carbonyl (C=O) groups excluding carboxylic acids is 2. The van der Waals surface area contributed by atoms with Crippen LogP contribution >= 0.6 is 0 Å². The van der Waals surface area contributed by atoms with Crippen LogP contribution in [-0.2, 0) is 16.1 Å². The molecule has 0 saturated carbocycles. The van der Waals surface area contributed by atoms with Gasteiger partial charge in [-0.3, -0.25) is 9.59 Å². The van der Waals surface area contributed by atoms with Gasteiger partial charge >= 0.3 is 0 Å². The number of likely N-dealkylation sites (tertiary alicyclic amines) is 1. The second-order valence-electron chi connectivity index (χ2n) is 7.08. The third-order valence-corrected chi connectivity index (χ3v) is 5.47. The zero-order valence-electron chi connectivity index (χ0n) is 17.2. The van der Waals surface area contributed by atoms with E-state index in [0.717, 1.165) is 11.1 Å². The summed E-state index contributed by atoms with van der Waals surface area (Å²) in [5, 5.41) is 3.04. The average molecular weight is 396 g/mol. The van der Waals surface area contributed by atoms with E-state index < -0.39 is 0 Å². The predicted molar refractivity (Wildman–Crippen MR) is 111 cm³/mol. The first-order valence-electron chi connectivity index (χ1n) is 9.92. The van der Waals surface area contributed by atoms with Gasteiger partial charge in [-0.15, -0.1) is 0 Å². The van der Waals surface area contributed by atoms with E-state index in [2.05, 4.69) is 5.32 Å². The second kappa shape index (κ2) is 9.45. The molecule has 0 radical (unpaired) electrons. The van der Waals surface area contributed by atoms with Gasteiger partial charge in [0.25, 0.3) is 0 Å². The monoisotopic (exact) mass is 396 g/mol. The maximum absolute atomic E-state index is 13.2. The fourth-order valence-corrected chi connectivity index (χ4v) is 4.00. The van der Waals surface area contributed by atoms with Crippen LogP contribution in [0.2, 0.25) is 0 Å². The van der Waals surface area contributed by atoms with Gasteiger partial charge in [-0.05, 0) is 37.1 Å². The van der Waals surface area contributed by atoms with E-state index in [0.29, 0.717) is 37.4 Å². The Labute approximate surface area is 171 Å². The highest BCUT2D eigenvalue weighted by Gasteiger charge is 2.39. The molecule has 0 unspecified atom stereocenters. The first-order chi connectivity index (χ1) is 14.1. The van der Waals surface area contributed by atoms with Crippen LogP contribution in [0.25, 0.3) is 0 Å². The topological polar surface area (TPSA) is 67.9 Å². The fourth-order valence-electron chi connectivity index (χ4n) is 4.00. The highest BCUT2D eigenvalue weighted by Crippen LogP contribution is 2.36. The van der Waals surface area contributed by atoms with Crippen molar-refractivity contribution in [2.75, 3.05) is 20.8 Å². The molecule has 0 aliphatic carbocycles. The highest BCUT2D eigenvalue weighted by molar-refractivity contribution is 5.85. The molecule has 1 fully saturated rings. The minimum atomic E-state index is -0.299. The number of rotatable bonds is 7. The van der Waals surface area contributed by atoms with Gasteiger partial charge in [0.15, 0.2) is 0 Å². The molecule has 154 valence electrons. The minimum Gasteiger partial charge on any atom is -0.497 e. The zero-order chi connectivity index (χ0) is 20.8. The van der Waals surface area contributed by atoms with Crippen molar-refractivity contribution in [3.05, 3.63) is 59.7 Å². The van der Waals surface area contributed by atoms with Crippen molar-refractivity contribution in [1.82, 2.24) is 10.2 Å². The number of nitrogens with zero attached hydrogens (tertiary/aromatic N) is 1. The van der Waals surface area contributed by atoms with Crippen LogP contribution in [-0.4, -0.2) is 37.5 Å². The van der Waals surface area contributed by atoms with Gasteiger partial charge in [0, 0.05) is 25.1 Å². The Bertz CT molecular complexity index is 853. The van der Waals surface area contributed by atoms with Crippen LogP contribution in [0.3, 0.4) is 0 Å². The molecule has 29 heavy (non-hydrogen) atoms. The summed E-state index contributed by atoms with van der Waals surface area (Å²) in [5.41, 5.74) is 1.83. The van der Waals surface area contributed by atoms with Gasteiger partial charge in [0.05, 0.1) is 26.2 Å². The van der Waals surface area contributed by atoms with Gasteiger partial charge in [-0.2, -0.15) is 0 Å². The number of hydrogen-bond donors (Lipinski definition) is 1. The van der Waals surface area contributed by atoms with Crippen LogP contribution in [0.5, 0.6) is 11.5 Å². The van der Waals surface area contributed by atoms with Crippen LogP contribution in [0.4, 0.5) is 0 Å². The number of piperidine rings is 1. The van der Waals surface area contributed by atoms with Crippen LogP contribution in [0.15, 0.2) is 48.5 Å². The zero-order valence-corrected chi connectivity index (χ0v) is 17.2. The van der Waals surface area contributed by atoms with Gasteiger partial charge in [0.1, 0.15) is 11.5 Å². The van der Waals surface area contributed by atoms with E-state index in [1.165, 1.54) is 0 Å². The molecule has 1 aliphatic heterocycles. The normalized spacial score (nSPS) is 19.0. The Morgan fingerprint density at radius 3 is 2.55 bits per heavy atom. The number of carbonyl (C=O) groups is 2. The van der Waals surface area contributed by atoms with Crippen molar-refractivity contribution in [2.24, 2.45) is 5.92 Å². The molecule has 0 aromatic heterocycles. The Balaban J connectivity index is 1.81. The summed E-state index contributed by atoms with van der Waals surface area (Å²) in [4.78, 5) is 27.4. The van der Waals surface area contributed by atoms with E-state index in [1.54, 1.807) is 14.2 Å². The molecule has 2 amide bonds. The van der Waals surface area contributed by atoms with Crippen molar-refractivity contribution in [3.8, 4) is 11.5 Å². The van der Waals surface area contributed by atoms with Crippen molar-refractivity contribution in [2.45, 2.75) is 32.4 Å². The summed E-state index contributed by atoms with van der Waals surface area (Å²) >= 11 is 0. The van der Waals surface area contributed by atoms with Crippen LogP contribution in [0, 0.1) is 5.92 Å². The summed E-state index contributed by atoms with van der Waals surface area (Å²) in [5.74, 6) is 1.14. The van der Waals surface area contributed by atoms with E-state index in [-0.39, 0.29) is 23.8 Å². The number of hydrogen-bond acceptors (Lipinski definition) is 4. The predicted octanol–water partition coefficient (Wildman–Crippen LogP) is 3.32. The first-order valence-corrected chi connectivity index (χ1v) is 9.92. The van der Waals surface area contributed by atoms with Crippen molar-refractivity contribution >= 4 is 11.8 Å². The summed E-state index contributed by atoms with van der Waals surface area (Å²) in [6, 6.07) is 15.0. The summed E-state index contributed by atoms with van der Waals surface area (Å²) < 4.78 is 10.7. The smallest absolute Gasteiger partial charge is 0.225 e. The average Bonchev–Trinajstić information content (AvgIpc) is 2.77. The molecule has 2 atom stereocenters. The van der Waals surface area contributed by atoms with Crippen LogP contribution < -0.4 is 14.8 Å². The van der Waals surface area contributed by atoms with Crippen molar-refractivity contribution < 1.29 is 19.1 Å². The number of amides is 2. The summed E-state index contributed by atoms with van der Waals surface area (Å²) in [6.07, 6.45) is 0.924. The van der Waals surface area contributed by atoms with Gasteiger partial charge < -0.3 is 19.7 Å². The molecule has 1 N–H and O–H groups in total. The van der Waals surface area contributed by atoms with Gasteiger partial charge in [-0.25, -0.2) is 0 Å². The Kier molecular flexibility index (Phi) is 6.75. The highest BCUT2D eigenvalue weighted by atomic mass is 16.5. The lowest BCUT2D eigenvalue weighted by Gasteiger charge is -2.40. The number of benzene rings is 2. The number of ether oxygens (including phenoxy) is 2. The maximum Gasteiger partial charge on any atom is 0.225 e. The van der Waals surface area contributed by atoms with Crippen molar-refractivity contribution in [3.63, 3.8) is 0 Å². The molecule has 1 heterocycles. The molecule has 3 rings (SSSR count). The molecule has 6 heteroatoms. The lowest BCUT2D eigenvalue weighted by atomic mass is 9.83. The molecule has 1 aliphatic rings. The minimum absolute atomic E-state index is 0.0605. The van der Waals surface area contributed by atoms with Gasteiger partial charge in [-0.1, -0.05) is 30.3 Å². The first kappa shape index (κ1) is 20.7. The number of nitrogens with one attached hydrogen (secondary N) is 1. The van der Waals surface area contributed by atoms with E-state index in [9.17, 15) is 9.59 Å². The molecule has 2 aromatic carbocycles. The van der Waals surface area contributed by atoms with E-state index in [1.807, 2.05) is 60.4 Å². The molecular formula is C23H28N2O4.